The summed E-state index contributed by atoms with van der Waals surface area (Å²) >= 11 is 0. The summed E-state index contributed by atoms with van der Waals surface area (Å²) in [6, 6.07) is 20.8. The predicted molar refractivity (Wildman–Crippen MR) is 362 cm³/mol. The Hall–Kier alpha value is -9.27. The van der Waals surface area contributed by atoms with Crippen LogP contribution in [-0.4, -0.2) is 177 Å². The second-order valence-electron chi connectivity index (χ2n) is 25.4. The summed E-state index contributed by atoms with van der Waals surface area (Å²) in [4.78, 5) is 63.8. The number of allylic oxidation sites excluding steroid dienone is 2. The maximum atomic E-state index is 14.4. The lowest BCUT2D eigenvalue weighted by molar-refractivity contribution is -0.160. The molecule has 6 aromatic rings. The Morgan fingerprint density at radius 1 is 0.835 bits per heavy atom. The molecule has 5 aliphatic rings. The van der Waals surface area contributed by atoms with Crippen molar-refractivity contribution in [3.8, 4) is 34.3 Å². The third-order valence-corrected chi connectivity index (χ3v) is 18.7. The van der Waals surface area contributed by atoms with Gasteiger partial charge in [-0.3, -0.25) is 44.2 Å². The van der Waals surface area contributed by atoms with Crippen molar-refractivity contribution in [1.82, 2.24) is 24.5 Å². The SMILES string of the molecule is CO[C@H]1/C=C/O[C@@]2(C)Oc3c(C)c(O)c4c(O)c(c(/C=N/N5CCN(C)CC5)c(O)c4c3C2=O)NC(=O)/C(C)=C\C=C\[C@H](C)[C@H](O)[C@@H](C)[C@@H](O)[C@@H](C)[C@H](OC(C)=O)[C@@H]1C.Cc1c(CN2CCN(c3cccc(C(F)(F)F)c3)CC2)cc(-c2ccccc2)n1NC(=O)c1ccncc1. The van der Waals surface area contributed by atoms with Crippen molar-refractivity contribution in [3.05, 3.63) is 160 Å². The first kappa shape index (κ1) is 72.0. The number of ketones is 1. The maximum absolute atomic E-state index is 14.4. The number of aromatic hydroxyl groups is 3. The van der Waals surface area contributed by atoms with Crippen LogP contribution in [0.3, 0.4) is 0 Å². The fourth-order valence-corrected chi connectivity index (χ4v) is 12.7. The topological polar surface area (TPSA) is 274 Å². The second-order valence-corrected chi connectivity index (χ2v) is 25.4. The smallest absolute Gasteiger partial charge is 0.416 e. The zero-order valence-corrected chi connectivity index (χ0v) is 56.3. The van der Waals surface area contributed by atoms with Crippen molar-refractivity contribution in [2.45, 2.75) is 105 Å². The molecule has 2 saturated heterocycles. The Morgan fingerprint density at radius 3 is 2.16 bits per heavy atom. The molecule has 7 N–H and O–H groups in total. The highest BCUT2D eigenvalue weighted by Crippen LogP contribution is 2.55. The van der Waals surface area contributed by atoms with Crippen LogP contribution < -0.4 is 20.4 Å². The number of aliphatic hydroxyl groups excluding tert-OH is 2. The fraction of sp³-hybridized carbons (Fsp3) is 0.417. The van der Waals surface area contributed by atoms with Crippen molar-refractivity contribution in [1.29, 1.82) is 0 Å². The van der Waals surface area contributed by atoms with Gasteiger partial charge in [-0.1, -0.05) is 82.3 Å². The van der Waals surface area contributed by atoms with Gasteiger partial charge in [-0.15, -0.1) is 0 Å². The number of pyridine rings is 1. The van der Waals surface area contributed by atoms with E-state index < -0.39 is 101 Å². The van der Waals surface area contributed by atoms with E-state index in [0.29, 0.717) is 57.1 Å². The molecular formula is C72H86F3N9O13. The van der Waals surface area contributed by atoms with Gasteiger partial charge in [0.05, 0.1) is 64.2 Å². The van der Waals surface area contributed by atoms with Crippen LogP contribution in [0.25, 0.3) is 22.0 Å². The Morgan fingerprint density at radius 2 is 1.52 bits per heavy atom. The lowest BCUT2D eigenvalue weighted by Gasteiger charge is -2.38. The number of hydrogen-bond acceptors (Lipinski definition) is 19. The van der Waals surface area contributed by atoms with Gasteiger partial charge in [0.15, 0.2) is 5.75 Å². The van der Waals surface area contributed by atoms with Crippen LogP contribution in [0.15, 0.2) is 126 Å². The number of nitrogens with zero attached hydrogens (tertiary/aromatic N) is 7. The number of hydrogen-bond donors (Lipinski definition) is 7. The number of anilines is 2. The van der Waals surface area contributed by atoms with Crippen LogP contribution in [0.4, 0.5) is 24.5 Å². The fourth-order valence-electron chi connectivity index (χ4n) is 12.7. The van der Waals surface area contributed by atoms with E-state index in [4.69, 9.17) is 18.9 Å². The number of benzene rings is 4. The number of aliphatic hydroxyl groups is 2. The molecule has 9 atom stereocenters. The molecule has 0 aliphatic carbocycles. The number of phenols is 3. The number of fused-ring (bicyclic) bond motifs is 14. The van der Waals surface area contributed by atoms with E-state index in [-0.39, 0.29) is 50.4 Å². The van der Waals surface area contributed by atoms with Gasteiger partial charge >= 0.3 is 17.9 Å². The summed E-state index contributed by atoms with van der Waals surface area (Å²) in [6.45, 7) is 20.4. The van der Waals surface area contributed by atoms with Crippen LogP contribution in [-0.2, 0) is 36.5 Å². The first-order chi connectivity index (χ1) is 46.0. The van der Waals surface area contributed by atoms with E-state index in [9.17, 15) is 57.9 Å². The number of esters is 1. The van der Waals surface area contributed by atoms with Crippen molar-refractivity contribution in [2.24, 2.45) is 28.8 Å². The number of alkyl halides is 3. The molecule has 2 fully saturated rings. The molecule has 7 heterocycles. The van der Waals surface area contributed by atoms with E-state index in [2.05, 4.69) is 36.7 Å². The molecule has 5 bridgehead atoms. The highest BCUT2D eigenvalue weighted by Gasteiger charge is 2.50. The molecule has 25 heteroatoms. The molecule has 518 valence electrons. The molecule has 11 rings (SSSR count). The molecule has 5 aliphatic heterocycles. The second kappa shape index (κ2) is 30.4. The molecular weight excluding hydrogens is 1260 g/mol. The minimum Gasteiger partial charge on any atom is -0.507 e. The van der Waals surface area contributed by atoms with Crippen LogP contribution in [0, 0.1) is 37.5 Å². The number of likely N-dealkylation sites (N-methyl/N-ethyl adjacent to an activating group) is 1. The highest BCUT2D eigenvalue weighted by molar-refractivity contribution is 6.24. The van der Waals surface area contributed by atoms with Crippen molar-refractivity contribution < 1.29 is 76.8 Å². The summed E-state index contributed by atoms with van der Waals surface area (Å²) in [5, 5.41) is 66.8. The van der Waals surface area contributed by atoms with E-state index in [1.54, 1.807) is 75.4 Å². The lowest BCUT2D eigenvalue weighted by Crippen LogP contribution is -2.46. The van der Waals surface area contributed by atoms with Gasteiger partial charge in [-0.25, -0.2) is 0 Å². The quantitative estimate of drug-likeness (QED) is 0.0291. The molecule has 2 aromatic heterocycles. The number of Topliss-reactive ketones (excluding diaryl/α,β-unsaturated/α-hetero) is 1. The van der Waals surface area contributed by atoms with Crippen LogP contribution in [0.5, 0.6) is 23.0 Å². The first-order valence-electron chi connectivity index (χ1n) is 32.2. The number of carbonyl (C=O) groups excluding carboxylic acids is 4. The van der Waals surface area contributed by atoms with Crippen LogP contribution in [0.1, 0.15) is 97.1 Å². The third-order valence-electron chi connectivity index (χ3n) is 18.7. The van der Waals surface area contributed by atoms with Crippen molar-refractivity contribution in [2.75, 3.05) is 82.2 Å². The summed E-state index contributed by atoms with van der Waals surface area (Å²) in [6.07, 6.45) is 3.67. The molecule has 0 radical (unpaired) electrons. The minimum absolute atomic E-state index is 0.0559. The molecule has 0 unspecified atom stereocenters. The summed E-state index contributed by atoms with van der Waals surface area (Å²) in [5.41, 5.74) is 7.01. The number of piperazine rings is 2. The van der Waals surface area contributed by atoms with Gasteiger partial charge in [-0.05, 0) is 75.9 Å². The number of rotatable bonds is 10. The standard InChI is InChI=1S/C43H58N4O12.C29H28F3N5O/c1-21-12-11-13-22(2)42(55)45-33-28(20-44-47-17-15-46(9)16-18-47)37(52)30-31(38(33)53)36(51)26(6)40-32(30)41(54)43(8,59-40)57-19-14-29(56-10)23(3)39(58-27(7)48)25(5)35(50)24(4)34(21)49;1-21-24(20-35-14-16-36(17-15-35)26-9-5-8-25(19-26)29(30,31)32)18-27(22-6-3-2-4-7-22)37(21)34-28(38)23-10-12-33-13-11-23/h11-14,19-21,23-25,29,34-35,39,49-53H,15-18H2,1-10H3,(H,45,55);2-13,18-19H,14-17,20H2,1H3,(H,34,38)/b12-11+,19-14+,22-13-,44-20+;/t21-,23+,24+,25+,29-,34-,35+,39+,43-;/m0./s1. The number of halogens is 3. The molecule has 0 saturated carbocycles. The Kier molecular flexibility index (Phi) is 22.6. The summed E-state index contributed by atoms with van der Waals surface area (Å²) < 4.78 is 64.9. The van der Waals surface area contributed by atoms with Crippen LogP contribution >= 0.6 is 0 Å². The maximum Gasteiger partial charge on any atom is 0.416 e. The lowest BCUT2D eigenvalue weighted by atomic mass is 9.78. The van der Waals surface area contributed by atoms with E-state index in [1.165, 1.54) is 71.6 Å². The molecule has 22 nitrogen and oxygen atoms in total. The van der Waals surface area contributed by atoms with Gasteiger partial charge in [0.2, 0.25) is 0 Å². The average Bonchev–Trinajstić information content (AvgIpc) is 1.64. The van der Waals surface area contributed by atoms with Gasteiger partial charge in [0.25, 0.3) is 17.6 Å². The summed E-state index contributed by atoms with van der Waals surface area (Å²) in [7, 11) is 3.42. The van der Waals surface area contributed by atoms with E-state index in [0.717, 1.165) is 41.7 Å². The molecule has 2 amide bonds. The van der Waals surface area contributed by atoms with Crippen LogP contribution in [0.2, 0.25) is 0 Å². The normalized spacial score (nSPS) is 25.2. The predicted octanol–water partition coefficient (Wildman–Crippen LogP) is 9.92. The number of nitrogens with one attached hydrogen (secondary N) is 2. The number of phenolic OH excluding ortho intramolecular Hbond substituents is 3. The Bertz CT molecular complexity index is 3980. The summed E-state index contributed by atoms with van der Waals surface area (Å²) in [5.74, 6) is -8.57. The number of methoxy groups -OCH3 is 1. The molecule has 0 spiro atoms. The van der Waals surface area contributed by atoms with E-state index in [1.807, 2.05) is 53.9 Å². The monoisotopic (exact) mass is 1340 g/mol. The molecule has 4 aromatic carbocycles. The van der Waals surface area contributed by atoms with Gasteiger partial charge < -0.3 is 59.6 Å². The average molecular weight is 1340 g/mol. The van der Waals surface area contributed by atoms with Gasteiger partial charge in [0.1, 0.15) is 23.4 Å². The zero-order chi connectivity index (χ0) is 70.4. The third kappa shape index (κ3) is 15.9. The van der Waals surface area contributed by atoms with E-state index >= 15 is 0 Å². The minimum atomic E-state index is -4.36. The van der Waals surface area contributed by atoms with Crippen molar-refractivity contribution >= 4 is 51.9 Å². The number of amides is 2. The zero-order valence-electron chi connectivity index (χ0n) is 56.3. The van der Waals surface area contributed by atoms with Gasteiger partial charge in [0, 0.05) is 155 Å². The highest BCUT2D eigenvalue weighted by atomic mass is 19.4. The number of carbonyl (C=O) groups is 4. The van der Waals surface area contributed by atoms with Crippen molar-refractivity contribution in [3.63, 3.8) is 0 Å². The first-order valence-corrected chi connectivity index (χ1v) is 32.2. The van der Waals surface area contributed by atoms with Gasteiger partial charge in [-0.2, -0.15) is 18.3 Å². The number of ether oxygens (including phenoxy) is 4. The number of hydrazone groups is 1. The number of aromatic nitrogens is 2. The molecule has 97 heavy (non-hydrogen) atoms. The largest absolute Gasteiger partial charge is 0.507 e. The Labute approximate surface area is 561 Å². The Balaban J connectivity index is 0.000000249.